The summed E-state index contributed by atoms with van der Waals surface area (Å²) < 4.78 is 0. The Morgan fingerprint density at radius 3 is 2.53 bits per heavy atom. The zero-order chi connectivity index (χ0) is 13.9. The van der Waals surface area contributed by atoms with Crippen LogP contribution in [-0.4, -0.2) is 32.5 Å². The van der Waals surface area contributed by atoms with Crippen LogP contribution in [0.15, 0.2) is 12.4 Å². The number of aromatic nitrogens is 2. The number of hydrogen-bond acceptors (Lipinski definition) is 4. The molecule has 0 radical (unpaired) electrons. The molecule has 1 heterocycles. The van der Waals surface area contributed by atoms with Crippen LogP contribution in [0.1, 0.15) is 42.6 Å². The van der Waals surface area contributed by atoms with Gasteiger partial charge in [-0.25, -0.2) is 9.78 Å². The number of hydrogen-bond donors (Lipinski definition) is 2. The number of rotatable bonds is 3. The number of nitrogens with zero attached hydrogens (tertiary/aromatic N) is 2. The molecule has 1 aromatic heterocycles. The second-order valence-corrected chi connectivity index (χ2v) is 5.02. The standard InChI is InChI=1S/C12H14ClN3O3/c13-9-7-14-6-8(15-9)10(17)16-12(11(18)19)4-2-1-3-5-12/h6-7H,1-5H2,(H,16,17)(H,18,19). The third-order valence-electron chi connectivity index (χ3n) is 3.31. The van der Waals surface area contributed by atoms with E-state index in [4.69, 9.17) is 11.6 Å². The maximum atomic E-state index is 12.0. The highest BCUT2D eigenvalue weighted by Crippen LogP contribution is 2.28. The van der Waals surface area contributed by atoms with Gasteiger partial charge in [-0.1, -0.05) is 30.9 Å². The highest BCUT2D eigenvalue weighted by molar-refractivity contribution is 6.29. The quantitative estimate of drug-likeness (QED) is 0.880. The molecule has 0 saturated heterocycles. The molecule has 1 aliphatic rings. The predicted octanol–water partition coefficient (Wildman–Crippen LogP) is 1.65. The van der Waals surface area contributed by atoms with Crippen LogP contribution >= 0.6 is 11.6 Å². The van der Waals surface area contributed by atoms with Crippen LogP contribution in [0.4, 0.5) is 0 Å². The Bertz CT molecular complexity index is 501. The van der Waals surface area contributed by atoms with E-state index in [0.717, 1.165) is 19.3 Å². The predicted molar refractivity (Wildman–Crippen MR) is 68.0 cm³/mol. The molecule has 0 aliphatic heterocycles. The Morgan fingerprint density at radius 2 is 1.95 bits per heavy atom. The maximum Gasteiger partial charge on any atom is 0.329 e. The van der Waals surface area contributed by atoms with Crippen molar-refractivity contribution in [2.45, 2.75) is 37.6 Å². The fraction of sp³-hybridized carbons (Fsp3) is 0.500. The smallest absolute Gasteiger partial charge is 0.329 e. The van der Waals surface area contributed by atoms with Gasteiger partial charge >= 0.3 is 5.97 Å². The SMILES string of the molecule is O=C(NC1(C(=O)O)CCCCC1)c1cncc(Cl)n1. The first kappa shape index (κ1) is 13.7. The highest BCUT2D eigenvalue weighted by atomic mass is 35.5. The van der Waals surface area contributed by atoms with Crippen LogP contribution in [-0.2, 0) is 4.79 Å². The molecule has 2 rings (SSSR count). The average Bonchev–Trinajstić information content (AvgIpc) is 2.39. The van der Waals surface area contributed by atoms with Gasteiger partial charge in [0.05, 0.1) is 12.4 Å². The van der Waals surface area contributed by atoms with Gasteiger partial charge in [-0.2, -0.15) is 0 Å². The van der Waals surface area contributed by atoms with Crippen molar-refractivity contribution in [3.8, 4) is 0 Å². The summed E-state index contributed by atoms with van der Waals surface area (Å²) in [5.74, 6) is -1.56. The Labute approximate surface area is 115 Å². The number of carboxylic acids is 1. The summed E-state index contributed by atoms with van der Waals surface area (Å²) in [7, 11) is 0. The highest BCUT2D eigenvalue weighted by Gasteiger charge is 2.41. The number of aliphatic carboxylic acids is 1. The number of nitrogens with one attached hydrogen (secondary N) is 1. The summed E-state index contributed by atoms with van der Waals surface area (Å²) in [5, 5.41) is 12.0. The van der Waals surface area contributed by atoms with Crippen molar-refractivity contribution in [2.24, 2.45) is 0 Å². The van der Waals surface area contributed by atoms with E-state index in [2.05, 4.69) is 15.3 Å². The number of amides is 1. The Hall–Kier alpha value is -1.69. The number of carbonyl (C=O) groups excluding carboxylic acids is 1. The first-order valence-electron chi connectivity index (χ1n) is 6.07. The zero-order valence-corrected chi connectivity index (χ0v) is 11.0. The molecule has 6 nitrogen and oxygen atoms in total. The molecule has 0 aromatic carbocycles. The minimum atomic E-state index is -1.20. The first-order valence-corrected chi connectivity index (χ1v) is 6.45. The molecule has 19 heavy (non-hydrogen) atoms. The van der Waals surface area contributed by atoms with E-state index in [9.17, 15) is 14.7 Å². The van der Waals surface area contributed by atoms with Gasteiger partial charge in [0.15, 0.2) is 0 Å². The van der Waals surface area contributed by atoms with E-state index in [-0.39, 0.29) is 10.8 Å². The lowest BCUT2D eigenvalue weighted by Gasteiger charge is -2.33. The second kappa shape index (κ2) is 5.52. The fourth-order valence-electron chi connectivity index (χ4n) is 2.28. The normalized spacial score (nSPS) is 17.7. The van der Waals surface area contributed by atoms with Crippen LogP contribution in [0, 0.1) is 0 Å². The fourth-order valence-corrected chi connectivity index (χ4v) is 2.43. The molecule has 0 unspecified atom stereocenters. The lowest BCUT2D eigenvalue weighted by Crippen LogP contribution is -2.55. The summed E-state index contributed by atoms with van der Waals surface area (Å²) >= 11 is 5.66. The van der Waals surface area contributed by atoms with Crippen molar-refractivity contribution in [3.63, 3.8) is 0 Å². The average molecular weight is 284 g/mol. The molecule has 2 N–H and O–H groups in total. The molecule has 1 aromatic rings. The lowest BCUT2D eigenvalue weighted by molar-refractivity contribution is -0.145. The van der Waals surface area contributed by atoms with Crippen LogP contribution in [0.25, 0.3) is 0 Å². The minimum absolute atomic E-state index is 0.0266. The van der Waals surface area contributed by atoms with Gasteiger partial charge in [-0.15, -0.1) is 0 Å². The van der Waals surface area contributed by atoms with Gasteiger partial charge in [0, 0.05) is 0 Å². The molecule has 1 fully saturated rings. The molecule has 0 atom stereocenters. The van der Waals surface area contributed by atoms with Crippen LogP contribution in [0.2, 0.25) is 5.15 Å². The molecule has 7 heteroatoms. The largest absolute Gasteiger partial charge is 0.480 e. The van der Waals surface area contributed by atoms with Crippen molar-refractivity contribution in [2.75, 3.05) is 0 Å². The Balaban J connectivity index is 2.18. The summed E-state index contributed by atoms with van der Waals surface area (Å²) in [6, 6.07) is 0. The van der Waals surface area contributed by atoms with Crippen molar-refractivity contribution >= 4 is 23.5 Å². The Kier molecular flexibility index (Phi) is 3.99. The van der Waals surface area contributed by atoms with E-state index >= 15 is 0 Å². The first-order chi connectivity index (χ1) is 9.03. The summed E-state index contributed by atoms with van der Waals surface area (Å²) in [4.78, 5) is 31.1. The maximum absolute atomic E-state index is 12.0. The zero-order valence-electron chi connectivity index (χ0n) is 10.2. The summed E-state index contributed by atoms with van der Waals surface area (Å²) in [5.41, 5.74) is -1.17. The minimum Gasteiger partial charge on any atom is -0.480 e. The molecule has 102 valence electrons. The van der Waals surface area contributed by atoms with Crippen molar-refractivity contribution in [1.29, 1.82) is 0 Å². The number of halogens is 1. The summed E-state index contributed by atoms with van der Waals surface area (Å²) in [6.07, 6.45) is 6.00. The van der Waals surface area contributed by atoms with Gasteiger partial charge in [0.1, 0.15) is 16.4 Å². The van der Waals surface area contributed by atoms with Crippen molar-refractivity contribution in [3.05, 3.63) is 23.2 Å². The van der Waals surface area contributed by atoms with Gasteiger partial charge in [0.25, 0.3) is 5.91 Å². The number of carbonyl (C=O) groups is 2. The van der Waals surface area contributed by atoms with Crippen LogP contribution in [0.3, 0.4) is 0 Å². The number of carboxylic acid groups (broad SMARTS) is 1. The third kappa shape index (κ3) is 3.01. The van der Waals surface area contributed by atoms with E-state index in [1.165, 1.54) is 12.4 Å². The second-order valence-electron chi connectivity index (χ2n) is 4.63. The van der Waals surface area contributed by atoms with E-state index < -0.39 is 17.4 Å². The van der Waals surface area contributed by atoms with E-state index in [0.29, 0.717) is 12.8 Å². The van der Waals surface area contributed by atoms with Gasteiger partial charge in [-0.05, 0) is 12.8 Å². The van der Waals surface area contributed by atoms with Gasteiger partial charge in [0.2, 0.25) is 0 Å². The van der Waals surface area contributed by atoms with Gasteiger partial charge < -0.3 is 10.4 Å². The molecular formula is C12H14ClN3O3. The molecule has 0 spiro atoms. The Morgan fingerprint density at radius 1 is 1.26 bits per heavy atom. The van der Waals surface area contributed by atoms with Crippen molar-refractivity contribution < 1.29 is 14.7 Å². The van der Waals surface area contributed by atoms with E-state index in [1.54, 1.807) is 0 Å². The molecular weight excluding hydrogens is 270 g/mol. The monoisotopic (exact) mass is 283 g/mol. The molecule has 0 bridgehead atoms. The molecule has 1 aliphatic carbocycles. The van der Waals surface area contributed by atoms with Crippen molar-refractivity contribution in [1.82, 2.24) is 15.3 Å². The van der Waals surface area contributed by atoms with E-state index in [1.807, 2.05) is 0 Å². The summed E-state index contributed by atoms with van der Waals surface area (Å²) in [6.45, 7) is 0. The molecule has 1 amide bonds. The topological polar surface area (TPSA) is 92.2 Å². The third-order valence-corrected chi connectivity index (χ3v) is 3.49. The molecule has 1 saturated carbocycles. The van der Waals surface area contributed by atoms with Crippen LogP contribution < -0.4 is 5.32 Å². The van der Waals surface area contributed by atoms with Gasteiger partial charge in [-0.3, -0.25) is 9.78 Å². The lowest BCUT2D eigenvalue weighted by atomic mass is 9.81. The van der Waals surface area contributed by atoms with Crippen LogP contribution in [0.5, 0.6) is 0 Å².